The average molecular weight is 296 g/mol. The van der Waals surface area contributed by atoms with Crippen LogP contribution in [0, 0.1) is 12.8 Å². The highest BCUT2D eigenvalue weighted by atomic mass is 79.9. The van der Waals surface area contributed by atoms with Crippen molar-refractivity contribution in [2.45, 2.75) is 51.5 Å². The Morgan fingerprint density at radius 3 is 2.65 bits per heavy atom. The Balaban J connectivity index is 2.00. The number of benzene rings is 1. The Hall–Kier alpha value is -0.340. The summed E-state index contributed by atoms with van der Waals surface area (Å²) in [6, 6.07) is 6.68. The minimum atomic E-state index is 0.188. The highest BCUT2D eigenvalue weighted by Crippen LogP contribution is 2.33. The number of aryl methyl sites for hydroxylation is 1. The summed E-state index contributed by atoms with van der Waals surface area (Å²) >= 11 is 3.63. The maximum atomic E-state index is 6.35. The summed E-state index contributed by atoms with van der Waals surface area (Å²) in [6.45, 7) is 2.11. The normalized spacial score (nSPS) is 19.2. The zero-order valence-electron chi connectivity index (χ0n) is 10.6. The van der Waals surface area contributed by atoms with Crippen LogP contribution in [0.25, 0.3) is 0 Å². The predicted molar refractivity (Wildman–Crippen MR) is 77.0 cm³/mol. The fourth-order valence-corrected chi connectivity index (χ4v) is 3.63. The van der Waals surface area contributed by atoms with Crippen molar-refractivity contribution >= 4 is 15.9 Å². The van der Waals surface area contributed by atoms with Crippen LogP contribution in [0.4, 0.5) is 0 Å². The first-order valence-corrected chi connectivity index (χ1v) is 7.48. The smallest absolute Gasteiger partial charge is 0.0308 e. The summed E-state index contributed by atoms with van der Waals surface area (Å²) in [4.78, 5) is 0. The molecule has 1 aromatic rings. The zero-order valence-corrected chi connectivity index (χ0v) is 12.2. The first-order chi connectivity index (χ1) is 8.16. The van der Waals surface area contributed by atoms with E-state index in [2.05, 4.69) is 41.1 Å². The molecule has 1 fully saturated rings. The van der Waals surface area contributed by atoms with E-state index < -0.39 is 0 Å². The molecular weight excluding hydrogens is 274 g/mol. The van der Waals surface area contributed by atoms with Gasteiger partial charge in [0.05, 0.1) is 0 Å². The molecule has 0 radical (unpaired) electrons. The minimum Gasteiger partial charge on any atom is -0.324 e. The van der Waals surface area contributed by atoms with Crippen LogP contribution < -0.4 is 5.73 Å². The van der Waals surface area contributed by atoms with E-state index in [-0.39, 0.29) is 6.04 Å². The van der Waals surface area contributed by atoms with Gasteiger partial charge in [-0.1, -0.05) is 60.2 Å². The van der Waals surface area contributed by atoms with Crippen LogP contribution in [0.1, 0.15) is 55.7 Å². The van der Waals surface area contributed by atoms with Gasteiger partial charge in [0.25, 0.3) is 0 Å². The second-order valence-electron chi connectivity index (χ2n) is 5.37. The predicted octanol–water partition coefficient (Wildman–Crippen LogP) is 4.73. The van der Waals surface area contributed by atoms with E-state index >= 15 is 0 Å². The lowest BCUT2D eigenvalue weighted by Crippen LogP contribution is -2.17. The van der Waals surface area contributed by atoms with Crippen LogP contribution in [0.5, 0.6) is 0 Å². The topological polar surface area (TPSA) is 26.0 Å². The SMILES string of the molecule is Cc1ccc(C(N)CC2CCCCC2)c(Br)c1. The summed E-state index contributed by atoms with van der Waals surface area (Å²) in [5.74, 6) is 0.840. The molecule has 2 N–H and O–H groups in total. The van der Waals surface area contributed by atoms with E-state index in [0.29, 0.717) is 0 Å². The molecular formula is C15H22BrN. The Bertz CT molecular complexity index is 369. The number of hydrogen-bond donors (Lipinski definition) is 1. The summed E-state index contributed by atoms with van der Waals surface area (Å²) in [6.07, 6.45) is 8.09. The fourth-order valence-electron chi connectivity index (χ4n) is 2.84. The molecule has 2 rings (SSSR count). The number of rotatable bonds is 3. The van der Waals surface area contributed by atoms with E-state index in [1.807, 2.05) is 0 Å². The molecule has 0 aliphatic heterocycles. The van der Waals surface area contributed by atoms with Crippen molar-refractivity contribution < 1.29 is 0 Å². The molecule has 17 heavy (non-hydrogen) atoms. The maximum Gasteiger partial charge on any atom is 0.0308 e. The Morgan fingerprint density at radius 1 is 1.29 bits per heavy atom. The van der Waals surface area contributed by atoms with Crippen molar-refractivity contribution in [1.29, 1.82) is 0 Å². The number of halogens is 1. The van der Waals surface area contributed by atoms with Crippen LogP contribution in [-0.4, -0.2) is 0 Å². The maximum absolute atomic E-state index is 6.35. The third-order valence-electron chi connectivity index (χ3n) is 3.87. The van der Waals surface area contributed by atoms with Crippen molar-refractivity contribution in [3.8, 4) is 0 Å². The van der Waals surface area contributed by atoms with Gasteiger partial charge in [0.1, 0.15) is 0 Å². The lowest BCUT2D eigenvalue weighted by Gasteiger charge is -2.25. The van der Waals surface area contributed by atoms with Crippen molar-refractivity contribution in [3.63, 3.8) is 0 Å². The van der Waals surface area contributed by atoms with Crippen molar-refractivity contribution in [2.24, 2.45) is 11.7 Å². The monoisotopic (exact) mass is 295 g/mol. The molecule has 1 unspecified atom stereocenters. The third kappa shape index (κ3) is 3.56. The summed E-state index contributed by atoms with van der Waals surface area (Å²) in [5.41, 5.74) is 8.89. The first kappa shape index (κ1) is 13.1. The van der Waals surface area contributed by atoms with Crippen LogP contribution >= 0.6 is 15.9 Å². The first-order valence-electron chi connectivity index (χ1n) is 6.68. The van der Waals surface area contributed by atoms with Gasteiger partial charge < -0.3 is 5.73 Å². The second-order valence-corrected chi connectivity index (χ2v) is 6.23. The largest absolute Gasteiger partial charge is 0.324 e. The lowest BCUT2D eigenvalue weighted by atomic mass is 9.83. The molecule has 1 saturated carbocycles. The molecule has 0 saturated heterocycles. The van der Waals surface area contributed by atoms with Gasteiger partial charge >= 0.3 is 0 Å². The van der Waals surface area contributed by atoms with E-state index in [1.165, 1.54) is 47.7 Å². The summed E-state index contributed by atoms with van der Waals surface area (Å²) in [7, 11) is 0. The number of hydrogen-bond acceptors (Lipinski definition) is 1. The fraction of sp³-hybridized carbons (Fsp3) is 0.600. The summed E-state index contributed by atoms with van der Waals surface area (Å²) in [5, 5.41) is 0. The van der Waals surface area contributed by atoms with Gasteiger partial charge in [-0.25, -0.2) is 0 Å². The molecule has 1 atom stereocenters. The molecule has 1 aliphatic rings. The van der Waals surface area contributed by atoms with Crippen LogP contribution in [0.15, 0.2) is 22.7 Å². The molecule has 0 spiro atoms. The zero-order chi connectivity index (χ0) is 12.3. The molecule has 2 heteroatoms. The van der Waals surface area contributed by atoms with Crippen LogP contribution in [-0.2, 0) is 0 Å². The average Bonchev–Trinajstić information content (AvgIpc) is 2.30. The van der Waals surface area contributed by atoms with E-state index in [4.69, 9.17) is 5.73 Å². The molecule has 0 aromatic heterocycles. The molecule has 94 valence electrons. The van der Waals surface area contributed by atoms with Gasteiger partial charge in [0, 0.05) is 10.5 Å². The van der Waals surface area contributed by atoms with Crippen LogP contribution in [0.2, 0.25) is 0 Å². The van der Waals surface area contributed by atoms with Crippen molar-refractivity contribution in [2.75, 3.05) is 0 Å². The van der Waals surface area contributed by atoms with Gasteiger partial charge in [0.2, 0.25) is 0 Å². The highest BCUT2D eigenvalue weighted by molar-refractivity contribution is 9.10. The molecule has 1 aromatic carbocycles. The standard InChI is InChI=1S/C15H22BrN/c1-11-7-8-13(14(16)9-11)15(17)10-12-5-3-2-4-6-12/h7-9,12,15H,2-6,10,17H2,1H3. The Labute approximate surface area is 113 Å². The van der Waals surface area contributed by atoms with E-state index in [0.717, 1.165) is 12.3 Å². The van der Waals surface area contributed by atoms with Gasteiger partial charge in [0.15, 0.2) is 0 Å². The molecule has 0 bridgehead atoms. The summed E-state index contributed by atoms with van der Waals surface area (Å²) < 4.78 is 1.17. The number of nitrogens with two attached hydrogens (primary N) is 1. The minimum absolute atomic E-state index is 0.188. The quantitative estimate of drug-likeness (QED) is 0.857. The third-order valence-corrected chi connectivity index (χ3v) is 4.55. The van der Waals surface area contributed by atoms with Gasteiger partial charge in [-0.2, -0.15) is 0 Å². The Kier molecular flexibility index (Phi) is 4.63. The highest BCUT2D eigenvalue weighted by Gasteiger charge is 2.18. The van der Waals surface area contributed by atoms with E-state index in [9.17, 15) is 0 Å². The van der Waals surface area contributed by atoms with Crippen LogP contribution in [0.3, 0.4) is 0 Å². The van der Waals surface area contributed by atoms with Gasteiger partial charge in [-0.3, -0.25) is 0 Å². The Morgan fingerprint density at radius 2 is 2.00 bits per heavy atom. The van der Waals surface area contributed by atoms with Crippen molar-refractivity contribution in [1.82, 2.24) is 0 Å². The molecule has 0 amide bonds. The lowest BCUT2D eigenvalue weighted by molar-refractivity contribution is 0.319. The molecule has 0 heterocycles. The molecule has 1 aliphatic carbocycles. The van der Waals surface area contributed by atoms with Gasteiger partial charge in [-0.05, 0) is 36.5 Å². The van der Waals surface area contributed by atoms with Crippen molar-refractivity contribution in [3.05, 3.63) is 33.8 Å². The molecule has 1 nitrogen and oxygen atoms in total. The van der Waals surface area contributed by atoms with E-state index in [1.54, 1.807) is 0 Å². The van der Waals surface area contributed by atoms with Gasteiger partial charge in [-0.15, -0.1) is 0 Å². The second kappa shape index (κ2) is 6.01.